The van der Waals surface area contributed by atoms with Crippen LogP contribution in [0.2, 0.25) is 0 Å². The highest BCUT2D eigenvalue weighted by Crippen LogP contribution is 2.19. The van der Waals surface area contributed by atoms with Crippen LogP contribution in [0, 0.1) is 19.7 Å². The molecule has 100 valence electrons. The minimum Gasteiger partial charge on any atom is -0.337 e. The summed E-state index contributed by atoms with van der Waals surface area (Å²) in [6.45, 7) is 4.26. The molecule has 0 unspecified atom stereocenters. The molecule has 0 fully saturated rings. The highest BCUT2D eigenvalue weighted by Gasteiger charge is 2.14. The predicted molar refractivity (Wildman–Crippen MR) is 76.0 cm³/mol. The van der Waals surface area contributed by atoms with E-state index >= 15 is 0 Å². The lowest BCUT2D eigenvalue weighted by Crippen LogP contribution is -2.26. The summed E-state index contributed by atoms with van der Waals surface area (Å²) in [6, 6.07) is 6.63. The molecule has 0 atom stereocenters. The van der Waals surface area contributed by atoms with Crippen molar-refractivity contribution < 1.29 is 9.18 Å². The molecule has 0 aliphatic carbocycles. The molecule has 0 aliphatic heterocycles. The average Bonchev–Trinajstić information content (AvgIpc) is 2.77. The van der Waals surface area contributed by atoms with Gasteiger partial charge in [-0.2, -0.15) is 0 Å². The number of aryl methyl sites for hydroxylation is 2. The molecule has 0 aliphatic rings. The first-order chi connectivity index (χ1) is 8.99. The van der Waals surface area contributed by atoms with Gasteiger partial charge in [-0.15, -0.1) is 11.3 Å². The van der Waals surface area contributed by atoms with E-state index in [0.717, 1.165) is 4.88 Å². The lowest BCUT2D eigenvalue weighted by molar-refractivity contribution is 0.0786. The van der Waals surface area contributed by atoms with E-state index in [-0.39, 0.29) is 11.7 Å². The summed E-state index contributed by atoms with van der Waals surface area (Å²) in [7, 11) is 1.74. The highest BCUT2D eigenvalue weighted by atomic mass is 32.1. The van der Waals surface area contributed by atoms with E-state index in [2.05, 4.69) is 0 Å². The van der Waals surface area contributed by atoms with Crippen LogP contribution >= 0.6 is 11.3 Å². The molecule has 1 aromatic heterocycles. The lowest BCUT2D eigenvalue weighted by Gasteiger charge is -2.17. The molecule has 0 N–H and O–H groups in total. The second kappa shape index (κ2) is 5.53. The van der Waals surface area contributed by atoms with Gasteiger partial charge in [0.2, 0.25) is 0 Å². The van der Waals surface area contributed by atoms with Crippen molar-refractivity contribution >= 4 is 17.2 Å². The normalized spacial score (nSPS) is 10.5. The number of hydrogen-bond donors (Lipinski definition) is 0. The standard InChI is InChI=1S/C15H16FNOS/c1-10-4-5-12(8-13(10)16)15(18)17(3)9-14-11(2)6-7-19-14/h4-8H,9H2,1-3H3. The maximum Gasteiger partial charge on any atom is 0.254 e. The Hall–Kier alpha value is -1.68. The highest BCUT2D eigenvalue weighted by molar-refractivity contribution is 7.10. The molecular formula is C15H16FNOS. The Bertz CT molecular complexity index is 606. The Morgan fingerprint density at radius 1 is 1.26 bits per heavy atom. The van der Waals surface area contributed by atoms with Gasteiger partial charge in [-0.25, -0.2) is 4.39 Å². The average molecular weight is 277 g/mol. The zero-order valence-corrected chi connectivity index (χ0v) is 12.1. The number of benzene rings is 1. The van der Waals surface area contributed by atoms with Crippen LogP contribution in [0.15, 0.2) is 29.6 Å². The third kappa shape index (κ3) is 3.01. The van der Waals surface area contributed by atoms with Crippen molar-refractivity contribution in [1.29, 1.82) is 0 Å². The van der Waals surface area contributed by atoms with Crippen molar-refractivity contribution in [3.8, 4) is 0 Å². The summed E-state index contributed by atoms with van der Waals surface area (Å²) in [5.41, 5.74) is 2.12. The minimum atomic E-state index is -0.341. The zero-order chi connectivity index (χ0) is 14.0. The van der Waals surface area contributed by atoms with E-state index in [0.29, 0.717) is 17.7 Å². The molecule has 2 aromatic rings. The molecule has 2 rings (SSSR count). The van der Waals surface area contributed by atoms with Crippen molar-refractivity contribution in [2.45, 2.75) is 20.4 Å². The van der Waals surface area contributed by atoms with Gasteiger partial charge in [-0.1, -0.05) is 6.07 Å². The smallest absolute Gasteiger partial charge is 0.254 e. The van der Waals surface area contributed by atoms with Crippen LogP contribution in [0.25, 0.3) is 0 Å². The number of thiophene rings is 1. The number of carbonyl (C=O) groups excluding carboxylic acids is 1. The predicted octanol–water partition coefficient (Wildman–Crippen LogP) is 3.78. The third-order valence-corrected chi connectivity index (χ3v) is 4.12. The number of hydrogen-bond acceptors (Lipinski definition) is 2. The number of carbonyl (C=O) groups is 1. The second-order valence-corrected chi connectivity index (χ2v) is 5.65. The van der Waals surface area contributed by atoms with Crippen molar-refractivity contribution in [1.82, 2.24) is 4.90 Å². The molecule has 19 heavy (non-hydrogen) atoms. The Morgan fingerprint density at radius 3 is 2.58 bits per heavy atom. The van der Waals surface area contributed by atoms with E-state index in [9.17, 15) is 9.18 Å². The summed E-state index contributed by atoms with van der Waals surface area (Å²) >= 11 is 1.63. The second-order valence-electron chi connectivity index (χ2n) is 4.65. The van der Waals surface area contributed by atoms with E-state index in [1.807, 2.05) is 18.4 Å². The van der Waals surface area contributed by atoms with Crippen LogP contribution in [-0.2, 0) is 6.54 Å². The van der Waals surface area contributed by atoms with Gasteiger partial charge < -0.3 is 4.90 Å². The monoisotopic (exact) mass is 277 g/mol. The topological polar surface area (TPSA) is 20.3 Å². The number of amides is 1. The Morgan fingerprint density at radius 2 is 2.00 bits per heavy atom. The van der Waals surface area contributed by atoms with Gasteiger partial charge in [0.1, 0.15) is 5.82 Å². The summed E-state index contributed by atoms with van der Waals surface area (Å²) < 4.78 is 13.5. The van der Waals surface area contributed by atoms with E-state index in [1.54, 1.807) is 42.3 Å². The Labute approximate surface area is 116 Å². The van der Waals surface area contributed by atoms with E-state index in [1.165, 1.54) is 11.6 Å². The summed E-state index contributed by atoms with van der Waals surface area (Å²) in [6.07, 6.45) is 0. The minimum absolute atomic E-state index is 0.160. The molecule has 0 saturated heterocycles. The van der Waals surface area contributed by atoms with Crippen molar-refractivity contribution in [2.75, 3.05) is 7.05 Å². The van der Waals surface area contributed by atoms with Crippen LogP contribution in [-0.4, -0.2) is 17.9 Å². The van der Waals surface area contributed by atoms with Gasteiger partial charge in [0.25, 0.3) is 5.91 Å². The lowest BCUT2D eigenvalue weighted by atomic mass is 10.1. The molecular weight excluding hydrogens is 261 g/mol. The molecule has 2 nitrogen and oxygen atoms in total. The van der Waals surface area contributed by atoms with Gasteiger partial charge >= 0.3 is 0 Å². The van der Waals surface area contributed by atoms with E-state index < -0.39 is 0 Å². The maximum absolute atomic E-state index is 13.5. The quantitative estimate of drug-likeness (QED) is 0.836. The Kier molecular flexibility index (Phi) is 4.00. The fourth-order valence-electron chi connectivity index (χ4n) is 1.80. The van der Waals surface area contributed by atoms with Gasteiger partial charge in [0.15, 0.2) is 0 Å². The fourth-order valence-corrected chi connectivity index (χ4v) is 2.76. The van der Waals surface area contributed by atoms with Gasteiger partial charge in [-0.05, 0) is 48.6 Å². The Balaban J connectivity index is 2.15. The molecule has 0 bridgehead atoms. The first kappa shape index (κ1) is 13.7. The molecule has 4 heteroatoms. The summed E-state index contributed by atoms with van der Waals surface area (Å²) in [5, 5.41) is 2.01. The first-order valence-electron chi connectivity index (χ1n) is 6.03. The zero-order valence-electron chi connectivity index (χ0n) is 11.2. The van der Waals surface area contributed by atoms with Gasteiger partial charge in [0.05, 0.1) is 6.54 Å². The summed E-state index contributed by atoms with van der Waals surface area (Å²) in [4.78, 5) is 15.0. The third-order valence-electron chi connectivity index (χ3n) is 3.11. The van der Waals surface area contributed by atoms with Crippen LogP contribution in [0.5, 0.6) is 0 Å². The fraction of sp³-hybridized carbons (Fsp3) is 0.267. The van der Waals surface area contributed by atoms with Crippen LogP contribution in [0.3, 0.4) is 0 Å². The molecule has 1 heterocycles. The molecule has 0 saturated carbocycles. The summed E-state index contributed by atoms with van der Waals surface area (Å²) in [5.74, 6) is -0.502. The van der Waals surface area contributed by atoms with Gasteiger partial charge in [0, 0.05) is 17.5 Å². The van der Waals surface area contributed by atoms with Crippen LogP contribution in [0.4, 0.5) is 4.39 Å². The van der Waals surface area contributed by atoms with Crippen LogP contribution < -0.4 is 0 Å². The van der Waals surface area contributed by atoms with Crippen molar-refractivity contribution in [2.24, 2.45) is 0 Å². The number of halogens is 1. The van der Waals surface area contributed by atoms with Crippen molar-refractivity contribution in [3.05, 3.63) is 57.0 Å². The molecule has 0 radical (unpaired) electrons. The number of nitrogens with zero attached hydrogens (tertiary/aromatic N) is 1. The molecule has 1 amide bonds. The van der Waals surface area contributed by atoms with E-state index in [4.69, 9.17) is 0 Å². The number of rotatable bonds is 3. The first-order valence-corrected chi connectivity index (χ1v) is 6.91. The van der Waals surface area contributed by atoms with Crippen molar-refractivity contribution in [3.63, 3.8) is 0 Å². The van der Waals surface area contributed by atoms with Crippen LogP contribution in [0.1, 0.15) is 26.4 Å². The SMILES string of the molecule is Cc1ccc(C(=O)N(C)Cc2sccc2C)cc1F. The largest absolute Gasteiger partial charge is 0.337 e. The molecule has 1 aromatic carbocycles. The maximum atomic E-state index is 13.5. The van der Waals surface area contributed by atoms with Gasteiger partial charge in [-0.3, -0.25) is 4.79 Å². The molecule has 0 spiro atoms.